The highest BCUT2D eigenvalue weighted by atomic mass is 79.9. The summed E-state index contributed by atoms with van der Waals surface area (Å²) in [5, 5.41) is 0.840. The zero-order chi connectivity index (χ0) is 10.6. The fraction of sp³-hybridized carbons (Fsp3) is 0.900. The minimum atomic E-state index is -0.271. The summed E-state index contributed by atoms with van der Waals surface area (Å²) in [5.74, 6) is 0.224. The lowest BCUT2D eigenvalue weighted by atomic mass is 9.94. The largest absolute Gasteiger partial charge is 0.339 e. The second-order valence-corrected chi connectivity index (χ2v) is 5.32. The number of halogens is 1. The van der Waals surface area contributed by atoms with Crippen molar-refractivity contribution in [3.63, 3.8) is 0 Å². The normalized spacial score (nSPS) is 11.9. The standard InChI is InChI=1S/C10H20BrNO/c1-8(2)12(7-6-11)9(13)10(3,4)5/h8H,6-7H2,1-5H3. The van der Waals surface area contributed by atoms with Crippen LogP contribution in [0.25, 0.3) is 0 Å². The molecule has 0 bridgehead atoms. The molecular weight excluding hydrogens is 230 g/mol. The van der Waals surface area contributed by atoms with Crippen LogP contribution >= 0.6 is 15.9 Å². The molecule has 78 valence electrons. The second kappa shape index (κ2) is 4.99. The molecule has 0 aliphatic carbocycles. The maximum Gasteiger partial charge on any atom is 0.228 e. The van der Waals surface area contributed by atoms with E-state index in [0.29, 0.717) is 0 Å². The smallest absolute Gasteiger partial charge is 0.228 e. The van der Waals surface area contributed by atoms with Crippen LogP contribution in [0.3, 0.4) is 0 Å². The minimum Gasteiger partial charge on any atom is -0.339 e. The predicted octanol–water partition coefficient (Wildman–Crippen LogP) is 2.66. The van der Waals surface area contributed by atoms with Crippen molar-refractivity contribution in [2.75, 3.05) is 11.9 Å². The first-order valence-corrected chi connectivity index (χ1v) is 5.80. The van der Waals surface area contributed by atoms with Gasteiger partial charge in [-0.05, 0) is 13.8 Å². The van der Waals surface area contributed by atoms with Crippen molar-refractivity contribution in [3.05, 3.63) is 0 Å². The zero-order valence-corrected chi connectivity index (χ0v) is 10.8. The Labute approximate surface area is 89.8 Å². The third kappa shape index (κ3) is 4.12. The molecule has 2 nitrogen and oxygen atoms in total. The van der Waals surface area contributed by atoms with Gasteiger partial charge in [-0.1, -0.05) is 36.7 Å². The highest BCUT2D eigenvalue weighted by Crippen LogP contribution is 2.19. The molecule has 0 aromatic rings. The van der Waals surface area contributed by atoms with Crippen molar-refractivity contribution in [2.45, 2.75) is 40.7 Å². The van der Waals surface area contributed by atoms with Gasteiger partial charge >= 0.3 is 0 Å². The number of hydrogen-bond donors (Lipinski definition) is 0. The zero-order valence-electron chi connectivity index (χ0n) is 9.22. The molecule has 1 amide bonds. The third-order valence-corrected chi connectivity index (χ3v) is 2.21. The summed E-state index contributed by atoms with van der Waals surface area (Å²) in [6.07, 6.45) is 0. The summed E-state index contributed by atoms with van der Waals surface area (Å²) >= 11 is 3.36. The maximum absolute atomic E-state index is 11.9. The summed E-state index contributed by atoms with van der Waals surface area (Å²) < 4.78 is 0. The van der Waals surface area contributed by atoms with Crippen LogP contribution in [0.5, 0.6) is 0 Å². The Morgan fingerprint density at radius 2 is 1.85 bits per heavy atom. The highest BCUT2D eigenvalue weighted by Gasteiger charge is 2.28. The summed E-state index contributed by atoms with van der Waals surface area (Å²) in [6, 6.07) is 0.282. The first kappa shape index (κ1) is 12.9. The highest BCUT2D eigenvalue weighted by molar-refractivity contribution is 9.09. The predicted molar refractivity (Wildman–Crippen MR) is 60.1 cm³/mol. The molecule has 3 heteroatoms. The average Bonchev–Trinajstić information content (AvgIpc) is 1.96. The van der Waals surface area contributed by atoms with Crippen LogP contribution in [-0.2, 0) is 4.79 Å². The van der Waals surface area contributed by atoms with Gasteiger partial charge in [0, 0.05) is 23.3 Å². The van der Waals surface area contributed by atoms with E-state index in [0.717, 1.165) is 11.9 Å². The van der Waals surface area contributed by atoms with Gasteiger partial charge in [0.2, 0.25) is 5.91 Å². The third-order valence-electron chi connectivity index (χ3n) is 1.85. The molecule has 0 saturated heterocycles. The summed E-state index contributed by atoms with van der Waals surface area (Å²) in [7, 11) is 0. The monoisotopic (exact) mass is 249 g/mol. The maximum atomic E-state index is 11.9. The molecule has 0 spiro atoms. The van der Waals surface area contributed by atoms with Crippen molar-refractivity contribution in [3.8, 4) is 0 Å². The average molecular weight is 250 g/mol. The van der Waals surface area contributed by atoms with Gasteiger partial charge < -0.3 is 4.90 Å². The van der Waals surface area contributed by atoms with Crippen molar-refractivity contribution in [1.29, 1.82) is 0 Å². The van der Waals surface area contributed by atoms with Gasteiger partial charge in [0.05, 0.1) is 0 Å². The van der Waals surface area contributed by atoms with Crippen molar-refractivity contribution in [2.24, 2.45) is 5.41 Å². The molecule has 0 rings (SSSR count). The number of alkyl halides is 1. The Bertz CT molecular complexity index is 172. The number of nitrogens with zero attached hydrogens (tertiary/aromatic N) is 1. The van der Waals surface area contributed by atoms with Crippen LogP contribution in [0.4, 0.5) is 0 Å². The van der Waals surface area contributed by atoms with Crippen LogP contribution in [-0.4, -0.2) is 28.7 Å². The van der Waals surface area contributed by atoms with Crippen LogP contribution < -0.4 is 0 Å². The number of rotatable bonds is 3. The molecule has 0 aromatic heterocycles. The van der Waals surface area contributed by atoms with Crippen molar-refractivity contribution < 1.29 is 4.79 Å². The van der Waals surface area contributed by atoms with Crippen molar-refractivity contribution in [1.82, 2.24) is 4.90 Å². The van der Waals surface area contributed by atoms with E-state index < -0.39 is 0 Å². The van der Waals surface area contributed by atoms with E-state index in [2.05, 4.69) is 15.9 Å². The van der Waals surface area contributed by atoms with Gasteiger partial charge in [-0.15, -0.1) is 0 Å². The Hall–Kier alpha value is -0.0500. The fourth-order valence-electron chi connectivity index (χ4n) is 1.12. The van der Waals surface area contributed by atoms with Gasteiger partial charge in [-0.2, -0.15) is 0 Å². The SMILES string of the molecule is CC(C)N(CCBr)C(=O)C(C)(C)C. The molecule has 13 heavy (non-hydrogen) atoms. The molecule has 0 radical (unpaired) electrons. The Morgan fingerprint density at radius 3 is 2.08 bits per heavy atom. The van der Waals surface area contributed by atoms with E-state index in [1.165, 1.54) is 0 Å². The number of hydrogen-bond acceptors (Lipinski definition) is 1. The van der Waals surface area contributed by atoms with Crippen LogP contribution in [0, 0.1) is 5.41 Å². The molecule has 0 heterocycles. The number of carbonyl (C=O) groups excluding carboxylic acids is 1. The second-order valence-electron chi connectivity index (χ2n) is 4.53. The molecule has 0 N–H and O–H groups in total. The molecule has 0 aromatic carbocycles. The Kier molecular flexibility index (Phi) is 4.97. The summed E-state index contributed by atoms with van der Waals surface area (Å²) in [5.41, 5.74) is -0.271. The van der Waals surface area contributed by atoms with Gasteiger partial charge in [0.15, 0.2) is 0 Å². The topological polar surface area (TPSA) is 20.3 Å². The van der Waals surface area contributed by atoms with E-state index in [1.54, 1.807) is 0 Å². The van der Waals surface area contributed by atoms with Gasteiger partial charge in [0.25, 0.3) is 0 Å². The molecule has 0 unspecified atom stereocenters. The minimum absolute atomic E-state index is 0.224. The molecule has 0 saturated carbocycles. The fourth-order valence-corrected chi connectivity index (χ4v) is 1.50. The van der Waals surface area contributed by atoms with E-state index in [4.69, 9.17) is 0 Å². The van der Waals surface area contributed by atoms with Gasteiger partial charge in [-0.25, -0.2) is 0 Å². The number of amides is 1. The lowest BCUT2D eigenvalue weighted by Gasteiger charge is -2.32. The summed E-state index contributed by atoms with van der Waals surface area (Å²) in [6.45, 7) is 10.8. The van der Waals surface area contributed by atoms with Crippen LogP contribution in [0.1, 0.15) is 34.6 Å². The van der Waals surface area contributed by atoms with E-state index >= 15 is 0 Å². The van der Waals surface area contributed by atoms with Gasteiger partial charge in [-0.3, -0.25) is 4.79 Å². The number of carbonyl (C=O) groups is 1. The van der Waals surface area contributed by atoms with Crippen LogP contribution in [0.15, 0.2) is 0 Å². The van der Waals surface area contributed by atoms with Crippen molar-refractivity contribution >= 4 is 21.8 Å². The lowest BCUT2D eigenvalue weighted by molar-refractivity contribution is -0.140. The van der Waals surface area contributed by atoms with E-state index in [-0.39, 0.29) is 17.4 Å². The molecule has 0 atom stereocenters. The first-order valence-electron chi connectivity index (χ1n) is 4.67. The summed E-state index contributed by atoms with van der Waals surface area (Å²) in [4.78, 5) is 13.8. The molecule has 0 aliphatic rings. The first-order chi connectivity index (χ1) is 5.80. The van der Waals surface area contributed by atoms with Crippen LogP contribution in [0.2, 0.25) is 0 Å². The van der Waals surface area contributed by atoms with E-state index in [9.17, 15) is 4.79 Å². The van der Waals surface area contributed by atoms with E-state index in [1.807, 2.05) is 39.5 Å². The Balaban J connectivity index is 4.47. The Morgan fingerprint density at radius 1 is 1.38 bits per heavy atom. The molecule has 0 fully saturated rings. The lowest BCUT2D eigenvalue weighted by Crippen LogP contribution is -2.44. The van der Waals surface area contributed by atoms with Gasteiger partial charge in [0.1, 0.15) is 0 Å². The molecular formula is C10H20BrNO. The molecule has 0 aliphatic heterocycles. The quantitative estimate of drug-likeness (QED) is 0.705.